The molecule has 0 bridgehead atoms. The topological polar surface area (TPSA) is 124 Å². The summed E-state index contributed by atoms with van der Waals surface area (Å²) in [5.74, 6) is -2.25. The van der Waals surface area contributed by atoms with Gasteiger partial charge in [-0.3, -0.25) is 9.48 Å². The van der Waals surface area contributed by atoms with Crippen LogP contribution in [-0.2, 0) is 26.2 Å². The van der Waals surface area contributed by atoms with E-state index in [1.165, 1.54) is 28.7 Å². The molecule has 1 unspecified atom stereocenters. The number of carbonyl (C=O) groups excluding carboxylic acids is 1. The third-order valence-electron chi connectivity index (χ3n) is 5.87. The van der Waals surface area contributed by atoms with Gasteiger partial charge in [-0.2, -0.15) is 26.7 Å². The number of aromatic nitrogens is 3. The van der Waals surface area contributed by atoms with Crippen molar-refractivity contribution in [2.45, 2.75) is 38.9 Å². The molecule has 1 aliphatic heterocycles. The van der Waals surface area contributed by atoms with E-state index in [1.54, 1.807) is 11.6 Å². The average Bonchev–Trinajstić information content (AvgIpc) is 3.66. The van der Waals surface area contributed by atoms with Gasteiger partial charge in [0.15, 0.2) is 0 Å². The molecule has 0 aliphatic carbocycles. The third kappa shape index (κ3) is 8.76. The van der Waals surface area contributed by atoms with E-state index in [9.17, 15) is 35.2 Å². The molecule has 0 spiro atoms. The van der Waals surface area contributed by atoms with Crippen LogP contribution in [0, 0.1) is 0 Å². The van der Waals surface area contributed by atoms with E-state index in [0.29, 0.717) is 24.9 Å². The zero-order valence-electron chi connectivity index (χ0n) is 24.4. The molecular formula is C28H31F5N4O6S2. The van der Waals surface area contributed by atoms with E-state index >= 15 is 0 Å². The maximum absolute atomic E-state index is 14.4. The van der Waals surface area contributed by atoms with Gasteiger partial charge in [0, 0.05) is 22.9 Å². The van der Waals surface area contributed by atoms with E-state index in [4.69, 9.17) is 5.11 Å². The van der Waals surface area contributed by atoms with Crippen molar-refractivity contribution in [1.82, 2.24) is 19.7 Å². The summed E-state index contributed by atoms with van der Waals surface area (Å²) in [6, 6.07) is 2.28. The standard InChI is InChI=1S/C22H17F5N4O4S2.C4H8O2.C2H6/c1-3-18(32)30-7-8-31-17(12(30)2)11-16(29-31)19-15(10-13(24)4-6-23)20-14(5-9-36-20)21(28-19)35-37(33,34)22(25,26)27;1-2-6-4-3-5;1-2/h3-6,9-12H,1,7-8H2,2H3;2,5H,1,3-4H2;1-2H3/b6-4+,13-10?;;. The highest BCUT2D eigenvalue weighted by atomic mass is 32.2. The highest BCUT2D eigenvalue weighted by molar-refractivity contribution is 7.88. The number of pyridine rings is 1. The number of ether oxygens (including phenoxy) is 1. The second-order valence-corrected chi connectivity index (χ2v) is 11.0. The lowest BCUT2D eigenvalue weighted by atomic mass is 10.1. The van der Waals surface area contributed by atoms with E-state index in [1.807, 2.05) is 13.8 Å². The molecule has 4 heterocycles. The molecule has 10 nitrogen and oxygen atoms in total. The first-order valence-corrected chi connectivity index (χ1v) is 15.5. The minimum atomic E-state index is -6.08. The Morgan fingerprint density at radius 2 is 1.96 bits per heavy atom. The quantitative estimate of drug-likeness (QED) is 0.0522. The Morgan fingerprint density at radius 3 is 2.51 bits per heavy atom. The van der Waals surface area contributed by atoms with Crippen LogP contribution in [0.25, 0.3) is 27.6 Å². The predicted octanol–water partition coefficient (Wildman–Crippen LogP) is 6.44. The number of rotatable bonds is 9. The van der Waals surface area contributed by atoms with Gasteiger partial charge >= 0.3 is 15.6 Å². The highest BCUT2D eigenvalue weighted by Gasteiger charge is 2.49. The fraction of sp³-hybridized carbons (Fsp3) is 0.321. The Labute approximate surface area is 260 Å². The number of amides is 1. The number of thiophene rings is 1. The molecular weight excluding hydrogens is 647 g/mol. The van der Waals surface area contributed by atoms with Crippen LogP contribution in [0.3, 0.4) is 0 Å². The van der Waals surface area contributed by atoms with Gasteiger partial charge in [0.1, 0.15) is 23.8 Å². The Balaban J connectivity index is 0.000000790. The maximum atomic E-state index is 14.4. The third-order valence-corrected chi connectivity index (χ3v) is 7.76. The van der Waals surface area contributed by atoms with Crippen LogP contribution in [0.5, 0.6) is 5.88 Å². The van der Waals surface area contributed by atoms with Crippen LogP contribution in [0.2, 0.25) is 0 Å². The minimum absolute atomic E-state index is 0.0134. The smallest absolute Gasteiger partial charge is 0.499 e. The van der Waals surface area contributed by atoms with Crippen LogP contribution < -0.4 is 4.18 Å². The number of fused-ring (bicyclic) bond motifs is 2. The van der Waals surface area contributed by atoms with Gasteiger partial charge in [0.2, 0.25) is 11.8 Å². The summed E-state index contributed by atoms with van der Waals surface area (Å²) in [6.45, 7) is 13.4. The minimum Gasteiger partial charge on any atom is -0.499 e. The molecule has 246 valence electrons. The summed E-state index contributed by atoms with van der Waals surface area (Å²) >= 11 is 0.949. The lowest BCUT2D eigenvalue weighted by Gasteiger charge is -2.33. The zero-order chi connectivity index (χ0) is 33.9. The molecule has 0 saturated carbocycles. The summed E-state index contributed by atoms with van der Waals surface area (Å²) in [7, 11) is -6.08. The first kappa shape index (κ1) is 37.1. The number of halogens is 5. The molecule has 1 atom stereocenters. The number of aliphatic hydroxyl groups excluding tert-OH is 1. The molecule has 4 rings (SSSR count). The van der Waals surface area contributed by atoms with E-state index in [0.717, 1.165) is 23.5 Å². The van der Waals surface area contributed by atoms with Crippen molar-refractivity contribution in [3.63, 3.8) is 0 Å². The molecule has 0 saturated heterocycles. The summed E-state index contributed by atoms with van der Waals surface area (Å²) in [5, 5.41) is 13.7. The van der Waals surface area contributed by atoms with Gasteiger partial charge in [0.05, 0.1) is 42.9 Å². The van der Waals surface area contributed by atoms with Crippen LogP contribution in [0.1, 0.15) is 38.1 Å². The predicted molar refractivity (Wildman–Crippen MR) is 161 cm³/mol. The second-order valence-electron chi connectivity index (χ2n) is 8.50. The monoisotopic (exact) mass is 678 g/mol. The van der Waals surface area contributed by atoms with Crippen molar-refractivity contribution < 1.29 is 49.2 Å². The summed E-state index contributed by atoms with van der Waals surface area (Å²) in [5.41, 5.74) is -5.34. The first-order valence-electron chi connectivity index (χ1n) is 13.2. The maximum Gasteiger partial charge on any atom is 0.534 e. The van der Waals surface area contributed by atoms with Gasteiger partial charge in [-0.1, -0.05) is 27.0 Å². The number of carbonyl (C=O) groups is 1. The summed E-state index contributed by atoms with van der Waals surface area (Å²) in [6.07, 6.45) is 3.83. The second kappa shape index (κ2) is 16.3. The van der Waals surface area contributed by atoms with Crippen LogP contribution >= 0.6 is 11.3 Å². The summed E-state index contributed by atoms with van der Waals surface area (Å²) < 4.78 is 100. The fourth-order valence-electron chi connectivity index (χ4n) is 3.98. The van der Waals surface area contributed by atoms with Gasteiger partial charge < -0.3 is 18.9 Å². The molecule has 1 amide bonds. The average molecular weight is 679 g/mol. The van der Waals surface area contributed by atoms with E-state index in [-0.39, 0.29) is 52.4 Å². The lowest BCUT2D eigenvalue weighted by Crippen LogP contribution is -2.40. The van der Waals surface area contributed by atoms with Crippen LogP contribution in [-0.4, -0.2) is 64.4 Å². The number of hydrogen-bond donors (Lipinski definition) is 1. The van der Waals surface area contributed by atoms with Crippen molar-refractivity contribution >= 4 is 43.5 Å². The van der Waals surface area contributed by atoms with Gasteiger partial charge in [-0.05, 0) is 36.6 Å². The fourth-order valence-corrected chi connectivity index (χ4v) is 5.31. The number of nitrogens with zero attached hydrogens (tertiary/aromatic N) is 4. The van der Waals surface area contributed by atoms with Crippen LogP contribution in [0.15, 0.2) is 61.2 Å². The first-order chi connectivity index (χ1) is 21.3. The Bertz CT molecular complexity index is 1670. The van der Waals surface area contributed by atoms with Crippen molar-refractivity contribution in [3.8, 4) is 17.3 Å². The largest absolute Gasteiger partial charge is 0.534 e. The zero-order valence-corrected chi connectivity index (χ0v) is 26.1. The Morgan fingerprint density at radius 1 is 1.27 bits per heavy atom. The van der Waals surface area contributed by atoms with Crippen LogP contribution in [0.4, 0.5) is 22.0 Å². The molecule has 0 aromatic carbocycles. The number of alkyl halides is 3. The van der Waals surface area contributed by atoms with Crippen molar-refractivity contribution in [1.29, 1.82) is 0 Å². The molecule has 45 heavy (non-hydrogen) atoms. The van der Waals surface area contributed by atoms with Gasteiger partial charge in [-0.25, -0.2) is 13.8 Å². The molecule has 17 heteroatoms. The molecule has 1 aliphatic rings. The van der Waals surface area contributed by atoms with E-state index < -0.39 is 33.4 Å². The molecule has 0 fully saturated rings. The molecule has 1 N–H and O–H groups in total. The molecule has 0 radical (unpaired) electrons. The summed E-state index contributed by atoms with van der Waals surface area (Å²) in [4.78, 5) is 17.7. The molecule has 3 aromatic heterocycles. The molecule has 3 aromatic rings. The highest BCUT2D eigenvalue weighted by Crippen LogP contribution is 2.41. The SMILES string of the molecule is C=CC(=O)N1CCn2nc(-c3nc(OS(=O)(=O)C(F)(F)F)c4ccsc4c3C=C(F)/C=C/F)cc2C1C.C=COCCO.CC. The van der Waals surface area contributed by atoms with E-state index in [2.05, 4.69) is 32.2 Å². The number of allylic oxidation sites excluding steroid dienone is 2. The Kier molecular flexibility index (Phi) is 13.4. The number of aliphatic hydroxyl groups is 1. The van der Waals surface area contributed by atoms with Gasteiger partial charge in [0.25, 0.3) is 0 Å². The van der Waals surface area contributed by atoms with Crippen molar-refractivity contribution in [2.24, 2.45) is 0 Å². The van der Waals surface area contributed by atoms with Crippen molar-refractivity contribution in [3.05, 3.63) is 72.5 Å². The Hall–Kier alpha value is -4.09. The normalized spacial score (nSPS) is 15.0. The van der Waals surface area contributed by atoms with Gasteiger partial charge in [-0.15, -0.1) is 11.3 Å². The van der Waals surface area contributed by atoms with Crippen molar-refractivity contribution in [2.75, 3.05) is 19.8 Å². The number of hydrogen-bond acceptors (Lipinski definition) is 9. The lowest BCUT2D eigenvalue weighted by molar-refractivity contribution is -0.129.